The van der Waals surface area contributed by atoms with Crippen LogP contribution < -0.4 is 0 Å². The number of aliphatic carboxylic acids is 2. The third-order valence-corrected chi connectivity index (χ3v) is 5.07. The second kappa shape index (κ2) is 4.97. The predicted molar refractivity (Wildman–Crippen MR) is 62.1 cm³/mol. The molecule has 0 aromatic heterocycles. The van der Waals surface area contributed by atoms with Gasteiger partial charge >= 0.3 is 27.6 Å². The quantitative estimate of drug-likeness (QED) is 0.239. The normalized spacial score (nSPS) is 36.0. The summed E-state index contributed by atoms with van der Waals surface area (Å²) in [5, 5.41) is 21.1. The van der Waals surface area contributed by atoms with E-state index in [2.05, 4.69) is 14.2 Å². The SMILES string of the molecule is [N-]=[N+]=N[C@]1(C(=O)O)[C@H]2[C@@H](C[C@H]1OS(=O)(=O)C(F)(F)F)[C@@H]2C(=O)O. The fourth-order valence-electron chi connectivity index (χ4n) is 3.09. The van der Waals surface area contributed by atoms with Crippen LogP contribution in [0, 0.1) is 17.8 Å². The van der Waals surface area contributed by atoms with Gasteiger partial charge in [-0.3, -0.25) is 13.8 Å². The number of carbonyl (C=O) groups is 2. The lowest BCUT2D eigenvalue weighted by Crippen LogP contribution is -2.51. The summed E-state index contributed by atoms with van der Waals surface area (Å²) in [5.74, 6) is -6.93. The molecule has 2 saturated carbocycles. The molecule has 0 bridgehead atoms. The summed E-state index contributed by atoms with van der Waals surface area (Å²) in [6, 6.07) is 0. The summed E-state index contributed by atoms with van der Waals surface area (Å²) in [6.45, 7) is 0. The van der Waals surface area contributed by atoms with E-state index < -0.39 is 63.4 Å². The van der Waals surface area contributed by atoms with Gasteiger partial charge in [0.2, 0.25) is 0 Å². The van der Waals surface area contributed by atoms with Crippen molar-refractivity contribution >= 4 is 22.1 Å². The summed E-state index contributed by atoms with van der Waals surface area (Å²) < 4.78 is 63.2. The molecular weight excluding hydrogens is 351 g/mol. The van der Waals surface area contributed by atoms with Gasteiger partial charge in [-0.1, -0.05) is 5.11 Å². The van der Waals surface area contributed by atoms with Crippen molar-refractivity contribution in [2.24, 2.45) is 22.9 Å². The number of rotatable bonds is 5. The average molecular weight is 359 g/mol. The molecule has 0 radical (unpaired) electrons. The van der Waals surface area contributed by atoms with Crippen LogP contribution in [-0.4, -0.2) is 47.7 Å². The van der Waals surface area contributed by atoms with Crippen LogP contribution in [-0.2, 0) is 23.9 Å². The highest BCUT2D eigenvalue weighted by Gasteiger charge is 2.77. The Balaban J connectivity index is 2.44. The molecular formula is C9H8F3N3O7S. The van der Waals surface area contributed by atoms with E-state index >= 15 is 0 Å². The molecule has 0 amide bonds. The van der Waals surface area contributed by atoms with Crippen molar-refractivity contribution < 1.29 is 45.6 Å². The van der Waals surface area contributed by atoms with E-state index in [0.717, 1.165) is 0 Å². The molecule has 0 aromatic rings. The Bertz CT molecular complexity index is 712. The number of carboxylic acids is 2. The van der Waals surface area contributed by atoms with E-state index in [0.29, 0.717) is 0 Å². The number of carboxylic acid groups (broad SMARTS) is 2. The highest BCUT2D eigenvalue weighted by atomic mass is 32.2. The predicted octanol–water partition coefficient (Wildman–Crippen LogP) is 0.705. The number of hydrogen-bond donors (Lipinski definition) is 2. The molecule has 2 N–H and O–H groups in total. The highest BCUT2D eigenvalue weighted by Crippen LogP contribution is 2.65. The Morgan fingerprint density at radius 3 is 2.30 bits per heavy atom. The maximum Gasteiger partial charge on any atom is 0.523 e. The molecule has 14 heteroatoms. The molecule has 0 unspecified atom stereocenters. The van der Waals surface area contributed by atoms with Crippen LogP contribution in [0.25, 0.3) is 10.4 Å². The molecule has 0 aliphatic heterocycles. The summed E-state index contributed by atoms with van der Waals surface area (Å²) in [7, 11) is -6.14. The van der Waals surface area contributed by atoms with Crippen molar-refractivity contribution in [2.75, 3.05) is 0 Å². The first kappa shape index (κ1) is 17.3. The van der Waals surface area contributed by atoms with Crippen LogP contribution in [0.15, 0.2) is 5.11 Å². The number of azide groups is 1. The van der Waals surface area contributed by atoms with E-state index in [9.17, 15) is 36.3 Å². The molecule has 10 nitrogen and oxygen atoms in total. The minimum atomic E-state index is -6.14. The van der Waals surface area contributed by atoms with Gasteiger partial charge in [-0.25, -0.2) is 0 Å². The monoisotopic (exact) mass is 359 g/mol. The Morgan fingerprint density at radius 2 is 1.91 bits per heavy atom. The van der Waals surface area contributed by atoms with Crippen molar-refractivity contribution in [1.82, 2.24) is 0 Å². The van der Waals surface area contributed by atoms with Gasteiger partial charge in [0.15, 0.2) is 5.54 Å². The molecule has 23 heavy (non-hydrogen) atoms. The molecule has 0 saturated heterocycles. The number of nitrogens with zero attached hydrogens (tertiary/aromatic N) is 3. The van der Waals surface area contributed by atoms with Gasteiger partial charge in [-0.15, -0.1) is 0 Å². The van der Waals surface area contributed by atoms with E-state index in [4.69, 9.17) is 10.6 Å². The summed E-state index contributed by atoms with van der Waals surface area (Å²) >= 11 is 0. The van der Waals surface area contributed by atoms with Gasteiger partial charge in [-0.2, -0.15) is 21.6 Å². The number of alkyl halides is 3. The summed E-state index contributed by atoms with van der Waals surface area (Å²) in [6.07, 6.45) is -2.75. The average Bonchev–Trinajstić information content (AvgIpc) is 3.00. The van der Waals surface area contributed by atoms with Crippen LogP contribution in [0.1, 0.15) is 6.42 Å². The van der Waals surface area contributed by atoms with Gasteiger partial charge in [0.05, 0.1) is 12.0 Å². The van der Waals surface area contributed by atoms with Gasteiger partial charge in [-0.05, 0) is 17.9 Å². The first-order valence-corrected chi connectivity index (χ1v) is 7.33. The molecule has 2 fully saturated rings. The van der Waals surface area contributed by atoms with Crippen LogP contribution in [0.2, 0.25) is 0 Å². The number of hydrogen-bond acceptors (Lipinski definition) is 6. The topological polar surface area (TPSA) is 167 Å². The Kier molecular flexibility index (Phi) is 3.74. The Labute approximate surface area is 125 Å². The smallest absolute Gasteiger partial charge is 0.481 e. The van der Waals surface area contributed by atoms with Crippen molar-refractivity contribution in [3.05, 3.63) is 10.4 Å². The van der Waals surface area contributed by atoms with Gasteiger partial charge < -0.3 is 10.2 Å². The Morgan fingerprint density at radius 1 is 1.35 bits per heavy atom. The third kappa shape index (κ3) is 2.38. The fraction of sp³-hybridized carbons (Fsp3) is 0.778. The third-order valence-electron chi connectivity index (χ3n) is 4.02. The number of fused-ring (bicyclic) bond motifs is 1. The highest BCUT2D eigenvalue weighted by molar-refractivity contribution is 7.87. The van der Waals surface area contributed by atoms with Gasteiger partial charge in [0.1, 0.15) is 0 Å². The second-order valence-electron chi connectivity index (χ2n) is 5.09. The zero-order chi connectivity index (χ0) is 17.8. The number of halogens is 3. The van der Waals surface area contributed by atoms with Crippen LogP contribution in [0.4, 0.5) is 13.2 Å². The lowest BCUT2D eigenvalue weighted by Gasteiger charge is -2.29. The first-order chi connectivity index (χ1) is 10.4. The zero-order valence-electron chi connectivity index (χ0n) is 10.8. The van der Waals surface area contributed by atoms with Crippen LogP contribution in [0.5, 0.6) is 0 Å². The van der Waals surface area contributed by atoms with E-state index in [-0.39, 0.29) is 0 Å². The molecule has 0 spiro atoms. The fourth-order valence-corrected chi connectivity index (χ4v) is 3.73. The largest absolute Gasteiger partial charge is 0.523 e. The summed E-state index contributed by atoms with van der Waals surface area (Å²) in [4.78, 5) is 24.6. The summed E-state index contributed by atoms with van der Waals surface area (Å²) in [5.41, 5.74) is -0.0361. The van der Waals surface area contributed by atoms with E-state index in [1.807, 2.05) is 0 Å². The molecule has 128 valence electrons. The molecule has 5 atom stereocenters. The zero-order valence-corrected chi connectivity index (χ0v) is 11.7. The minimum Gasteiger partial charge on any atom is -0.481 e. The lowest BCUT2D eigenvalue weighted by molar-refractivity contribution is -0.149. The molecule has 0 aromatic carbocycles. The van der Waals surface area contributed by atoms with Crippen molar-refractivity contribution in [1.29, 1.82) is 0 Å². The van der Waals surface area contributed by atoms with Gasteiger partial charge in [0, 0.05) is 10.8 Å². The van der Waals surface area contributed by atoms with Crippen molar-refractivity contribution in [2.45, 2.75) is 23.6 Å². The van der Waals surface area contributed by atoms with Crippen molar-refractivity contribution in [3.8, 4) is 0 Å². The maximum atomic E-state index is 12.4. The van der Waals surface area contributed by atoms with E-state index in [1.165, 1.54) is 0 Å². The molecule has 2 rings (SSSR count). The Hall–Kier alpha value is -2.05. The molecule has 0 heterocycles. The molecule has 2 aliphatic rings. The van der Waals surface area contributed by atoms with Crippen LogP contribution in [0.3, 0.4) is 0 Å². The maximum absolute atomic E-state index is 12.4. The standard InChI is InChI=1S/C9H8F3N3O7S/c10-9(11,12)23(20,21)22-3-1-2-4(6(16)17)5(2)8(3,7(18)19)14-15-13/h2-5H,1H2,(H,16,17)(H,18,19)/t2-,3+,4-,5-,8-/m0/s1. The second-order valence-corrected chi connectivity index (χ2v) is 6.66. The van der Waals surface area contributed by atoms with Crippen LogP contribution >= 0.6 is 0 Å². The molecule has 2 aliphatic carbocycles. The lowest BCUT2D eigenvalue weighted by atomic mass is 9.89. The van der Waals surface area contributed by atoms with Gasteiger partial charge in [0.25, 0.3) is 0 Å². The minimum absolute atomic E-state index is 0.609. The first-order valence-electron chi connectivity index (χ1n) is 5.92. The van der Waals surface area contributed by atoms with E-state index in [1.54, 1.807) is 0 Å². The van der Waals surface area contributed by atoms with Crippen molar-refractivity contribution in [3.63, 3.8) is 0 Å².